The molecule has 3 aromatic rings. The molecule has 178 valence electrons. The molecule has 0 radical (unpaired) electrons. The van der Waals surface area contributed by atoms with Gasteiger partial charge in [0.15, 0.2) is 6.61 Å². The molecule has 0 saturated carbocycles. The highest BCUT2D eigenvalue weighted by atomic mass is 79.9. The summed E-state index contributed by atoms with van der Waals surface area (Å²) in [6.07, 6.45) is 0.412. The molecule has 0 aliphatic heterocycles. The fraction of sp³-hybridized carbons (Fsp3) is 0.286. The quantitative estimate of drug-likeness (QED) is 0.393. The van der Waals surface area contributed by atoms with Crippen LogP contribution in [0.25, 0.3) is 0 Å². The van der Waals surface area contributed by atoms with Crippen molar-refractivity contribution in [1.82, 2.24) is 10.2 Å². The van der Waals surface area contributed by atoms with Crippen molar-refractivity contribution < 1.29 is 14.3 Å². The molecular weight excluding hydrogens is 492 g/mol. The number of nitrogens with zero attached hydrogens (tertiary/aromatic N) is 1. The Morgan fingerprint density at radius 2 is 1.56 bits per heavy atom. The highest BCUT2D eigenvalue weighted by molar-refractivity contribution is 9.10. The predicted molar refractivity (Wildman–Crippen MR) is 139 cm³/mol. The van der Waals surface area contributed by atoms with Crippen molar-refractivity contribution in [3.05, 3.63) is 100 Å². The summed E-state index contributed by atoms with van der Waals surface area (Å²) in [6.45, 7) is 6.01. The van der Waals surface area contributed by atoms with Crippen LogP contribution in [0.15, 0.2) is 83.3 Å². The normalized spacial score (nSPS) is 11.7. The second kappa shape index (κ2) is 12.4. The Bertz CT molecular complexity index is 1070. The lowest BCUT2D eigenvalue weighted by atomic mass is 10.0. The molecule has 3 rings (SSSR count). The van der Waals surface area contributed by atoms with Crippen molar-refractivity contribution in [3.63, 3.8) is 0 Å². The van der Waals surface area contributed by atoms with Crippen LogP contribution in [0.4, 0.5) is 0 Å². The number of rotatable bonds is 10. The summed E-state index contributed by atoms with van der Waals surface area (Å²) in [7, 11) is 0. The summed E-state index contributed by atoms with van der Waals surface area (Å²) in [5.74, 6) is 0.171. The zero-order valence-corrected chi connectivity index (χ0v) is 21.4. The van der Waals surface area contributed by atoms with E-state index in [1.165, 1.54) is 0 Å². The average Bonchev–Trinajstić information content (AvgIpc) is 2.82. The first-order valence-electron chi connectivity index (χ1n) is 11.4. The number of amides is 2. The largest absolute Gasteiger partial charge is 0.484 e. The number of hydrogen-bond donors (Lipinski definition) is 1. The number of aryl methyl sites for hydroxylation is 1. The minimum atomic E-state index is -0.674. The van der Waals surface area contributed by atoms with Crippen LogP contribution in [0, 0.1) is 6.92 Å². The number of nitrogens with one attached hydrogen (secondary N) is 1. The molecule has 0 bridgehead atoms. The standard InChI is InChI=1S/C28H31BrN2O3/c1-20(2)30-28(33)26(17-22-7-5-4-6-8-22)31(18-23-11-9-21(3)10-12-23)27(32)19-34-25-15-13-24(29)14-16-25/h4-16,20,26H,17-19H2,1-3H3,(H,30,33)/t26-/m1/s1. The van der Waals surface area contributed by atoms with Crippen molar-refractivity contribution in [2.45, 2.75) is 45.8 Å². The maximum atomic E-state index is 13.5. The number of carbonyl (C=O) groups excluding carboxylic acids is 2. The summed E-state index contributed by atoms with van der Waals surface area (Å²) >= 11 is 3.40. The first kappa shape index (κ1) is 25.5. The van der Waals surface area contributed by atoms with Gasteiger partial charge in [-0.15, -0.1) is 0 Å². The van der Waals surface area contributed by atoms with E-state index in [0.717, 1.165) is 21.2 Å². The molecule has 34 heavy (non-hydrogen) atoms. The number of halogens is 1. The van der Waals surface area contributed by atoms with E-state index in [2.05, 4.69) is 21.2 Å². The Labute approximate surface area is 210 Å². The number of benzene rings is 3. The Kier molecular flexibility index (Phi) is 9.28. The Morgan fingerprint density at radius 1 is 0.912 bits per heavy atom. The molecular formula is C28H31BrN2O3. The van der Waals surface area contributed by atoms with E-state index in [9.17, 15) is 9.59 Å². The van der Waals surface area contributed by atoms with Crippen LogP contribution in [0.1, 0.15) is 30.5 Å². The van der Waals surface area contributed by atoms with Crippen LogP contribution in [-0.4, -0.2) is 35.4 Å². The second-order valence-electron chi connectivity index (χ2n) is 8.62. The molecule has 0 saturated heterocycles. The fourth-order valence-corrected chi connectivity index (χ4v) is 3.85. The summed E-state index contributed by atoms with van der Waals surface area (Å²) in [5.41, 5.74) is 3.08. The summed E-state index contributed by atoms with van der Waals surface area (Å²) in [5, 5.41) is 2.99. The van der Waals surface area contributed by atoms with E-state index in [1.54, 1.807) is 17.0 Å². The van der Waals surface area contributed by atoms with Crippen molar-refractivity contribution in [3.8, 4) is 5.75 Å². The van der Waals surface area contributed by atoms with Gasteiger partial charge in [-0.3, -0.25) is 9.59 Å². The molecule has 0 unspecified atom stereocenters. The average molecular weight is 523 g/mol. The number of carbonyl (C=O) groups is 2. The lowest BCUT2D eigenvalue weighted by molar-refractivity contribution is -0.143. The minimum absolute atomic E-state index is 0.0406. The molecule has 6 heteroatoms. The third-order valence-corrected chi connectivity index (χ3v) is 5.88. The molecule has 0 fully saturated rings. The van der Waals surface area contributed by atoms with Crippen LogP contribution in [-0.2, 0) is 22.6 Å². The first-order valence-corrected chi connectivity index (χ1v) is 12.2. The second-order valence-corrected chi connectivity index (χ2v) is 9.53. The minimum Gasteiger partial charge on any atom is -0.484 e. The van der Waals surface area contributed by atoms with Gasteiger partial charge in [-0.25, -0.2) is 0 Å². The van der Waals surface area contributed by atoms with Gasteiger partial charge >= 0.3 is 0 Å². The first-order chi connectivity index (χ1) is 16.3. The van der Waals surface area contributed by atoms with Crippen molar-refractivity contribution in [2.75, 3.05) is 6.61 Å². The SMILES string of the molecule is Cc1ccc(CN(C(=O)COc2ccc(Br)cc2)[C@H](Cc2ccccc2)C(=O)NC(C)C)cc1. The molecule has 2 amide bonds. The van der Waals surface area contributed by atoms with Crippen molar-refractivity contribution in [2.24, 2.45) is 0 Å². The van der Waals surface area contributed by atoms with Crippen LogP contribution < -0.4 is 10.1 Å². The lowest BCUT2D eigenvalue weighted by Gasteiger charge is -2.32. The Morgan fingerprint density at radius 3 is 2.18 bits per heavy atom. The maximum Gasteiger partial charge on any atom is 0.261 e. The molecule has 1 atom stereocenters. The van der Waals surface area contributed by atoms with Gasteiger partial charge in [0.1, 0.15) is 11.8 Å². The van der Waals surface area contributed by atoms with E-state index in [4.69, 9.17) is 4.74 Å². The summed E-state index contributed by atoms with van der Waals surface area (Å²) in [6, 6.07) is 24.4. The third-order valence-electron chi connectivity index (χ3n) is 5.35. The van der Waals surface area contributed by atoms with Gasteiger partial charge in [0.05, 0.1) is 0 Å². The maximum absolute atomic E-state index is 13.5. The van der Waals surface area contributed by atoms with E-state index in [1.807, 2.05) is 87.5 Å². The van der Waals surface area contributed by atoms with Gasteiger partial charge < -0.3 is 15.0 Å². The monoisotopic (exact) mass is 522 g/mol. The number of hydrogen-bond acceptors (Lipinski definition) is 3. The molecule has 0 spiro atoms. The topological polar surface area (TPSA) is 58.6 Å². The van der Waals surface area contributed by atoms with Gasteiger partial charge in [0.2, 0.25) is 5.91 Å². The fourth-order valence-electron chi connectivity index (χ4n) is 3.58. The van der Waals surface area contributed by atoms with Crippen LogP contribution in [0.5, 0.6) is 5.75 Å². The van der Waals surface area contributed by atoms with E-state index in [-0.39, 0.29) is 24.5 Å². The van der Waals surface area contributed by atoms with Crippen LogP contribution in [0.3, 0.4) is 0 Å². The highest BCUT2D eigenvalue weighted by Crippen LogP contribution is 2.18. The van der Waals surface area contributed by atoms with E-state index < -0.39 is 6.04 Å². The molecule has 3 aromatic carbocycles. The Hall–Kier alpha value is -3.12. The number of ether oxygens (including phenoxy) is 1. The Balaban J connectivity index is 1.89. The van der Waals surface area contributed by atoms with E-state index in [0.29, 0.717) is 18.7 Å². The van der Waals surface area contributed by atoms with Crippen molar-refractivity contribution in [1.29, 1.82) is 0 Å². The van der Waals surface area contributed by atoms with Crippen molar-refractivity contribution >= 4 is 27.7 Å². The zero-order chi connectivity index (χ0) is 24.5. The molecule has 0 aliphatic rings. The van der Waals surface area contributed by atoms with Gasteiger partial charge in [0.25, 0.3) is 5.91 Å². The predicted octanol–water partition coefficient (Wildman–Crippen LogP) is 5.30. The van der Waals surface area contributed by atoms with Crippen LogP contribution in [0.2, 0.25) is 0 Å². The molecule has 0 aliphatic carbocycles. The smallest absolute Gasteiger partial charge is 0.261 e. The van der Waals surface area contributed by atoms with Crippen LogP contribution >= 0.6 is 15.9 Å². The van der Waals surface area contributed by atoms with Gasteiger partial charge in [0, 0.05) is 23.5 Å². The van der Waals surface area contributed by atoms with E-state index >= 15 is 0 Å². The molecule has 0 aromatic heterocycles. The third kappa shape index (κ3) is 7.73. The highest BCUT2D eigenvalue weighted by Gasteiger charge is 2.31. The summed E-state index contributed by atoms with van der Waals surface area (Å²) in [4.78, 5) is 28.4. The van der Waals surface area contributed by atoms with Gasteiger partial charge in [-0.05, 0) is 56.2 Å². The van der Waals surface area contributed by atoms with Gasteiger partial charge in [-0.1, -0.05) is 76.1 Å². The molecule has 5 nitrogen and oxygen atoms in total. The van der Waals surface area contributed by atoms with Gasteiger partial charge in [-0.2, -0.15) is 0 Å². The molecule has 1 N–H and O–H groups in total. The lowest BCUT2D eigenvalue weighted by Crippen LogP contribution is -2.52. The molecule has 0 heterocycles. The summed E-state index contributed by atoms with van der Waals surface area (Å²) < 4.78 is 6.71. The zero-order valence-electron chi connectivity index (χ0n) is 19.8.